The van der Waals surface area contributed by atoms with Crippen LogP contribution in [0.4, 0.5) is 0 Å². The Morgan fingerprint density at radius 2 is 2.06 bits per heavy atom. The maximum Gasteiger partial charge on any atom is 0.307 e. The molecule has 1 rings (SSSR count). The SMILES string of the molecule is CCCC(Br)Oc1ccc(CC(=O)O)cc1. The summed E-state index contributed by atoms with van der Waals surface area (Å²) in [5.74, 6) is -0.0671. The molecule has 1 N–H and O–H groups in total. The molecule has 1 aromatic carbocycles. The summed E-state index contributed by atoms with van der Waals surface area (Å²) in [5.41, 5.74) is 0.779. The Morgan fingerprint density at radius 1 is 1.44 bits per heavy atom. The molecular weight excluding hydrogens is 272 g/mol. The number of benzene rings is 1. The third kappa shape index (κ3) is 4.66. The molecule has 0 fully saturated rings. The Morgan fingerprint density at radius 3 is 2.56 bits per heavy atom. The van der Waals surface area contributed by atoms with Crippen LogP contribution < -0.4 is 4.74 Å². The van der Waals surface area contributed by atoms with E-state index in [0.29, 0.717) is 0 Å². The van der Waals surface area contributed by atoms with Crippen LogP contribution in [0, 0.1) is 0 Å². The van der Waals surface area contributed by atoms with Gasteiger partial charge in [0.05, 0.1) is 6.42 Å². The quantitative estimate of drug-likeness (QED) is 0.817. The second kappa shape index (κ2) is 6.53. The van der Waals surface area contributed by atoms with Gasteiger partial charge in [-0.05, 0) is 40.0 Å². The predicted octanol–water partition coefficient (Wildman–Crippen LogP) is 3.21. The van der Waals surface area contributed by atoms with E-state index in [1.165, 1.54) is 0 Å². The fraction of sp³-hybridized carbons (Fsp3) is 0.417. The second-order valence-corrected chi connectivity index (χ2v) is 4.55. The fourth-order valence-corrected chi connectivity index (χ4v) is 1.97. The summed E-state index contributed by atoms with van der Waals surface area (Å²) in [4.78, 5) is 10.5. The first kappa shape index (κ1) is 13.0. The zero-order valence-corrected chi connectivity index (χ0v) is 10.7. The van der Waals surface area contributed by atoms with Gasteiger partial charge in [-0.25, -0.2) is 0 Å². The Kier molecular flexibility index (Phi) is 5.32. The lowest BCUT2D eigenvalue weighted by molar-refractivity contribution is -0.136. The largest absolute Gasteiger partial charge is 0.481 e. The summed E-state index contributed by atoms with van der Waals surface area (Å²) < 4.78 is 5.58. The van der Waals surface area contributed by atoms with Gasteiger partial charge in [0.25, 0.3) is 0 Å². The second-order valence-electron chi connectivity index (χ2n) is 3.53. The van der Waals surface area contributed by atoms with Crippen molar-refractivity contribution in [3.8, 4) is 5.75 Å². The van der Waals surface area contributed by atoms with Crippen molar-refractivity contribution in [1.29, 1.82) is 0 Å². The average Bonchev–Trinajstić information content (AvgIpc) is 2.20. The van der Waals surface area contributed by atoms with Crippen LogP contribution in [0.2, 0.25) is 0 Å². The third-order valence-corrected chi connectivity index (χ3v) is 2.70. The van der Waals surface area contributed by atoms with E-state index >= 15 is 0 Å². The molecule has 0 aromatic heterocycles. The summed E-state index contributed by atoms with van der Waals surface area (Å²) in [6.07, 6.45) is 2.04. The first-order valence-corrected chi connectivity index (χ1v) is 6.15. The number of carbonyl (C=O) groups is 1. The minimum Gasteiger partial charge on any atom is -0.481 e. The smallest absolute Gasteiger partial charge is 0.307 e. The number of ether oxygens (including phenoxy) is 1. The zero-order valence-electron chi connectivity index (χ0n) is 9.15. The highest BCUT2D eigenvalue weighted by Gasteiger charge is 2.05. The number of rotatable bonds is 6. The number of alkyl halides is 1. The number of carboxylic acid groups (broad SMARTS) is 1. The van der Waals surface area contributed by atoms with Crippen LogP contribution in [0.15, 0.2) is 24.3 Å². The molecule has 1 aromatic rings. The van der Waals surface area contributed by atoms with Gasteiger partial charge in [0.2, 0.25) is 0 Å². The van der Waals surface area contributed by atoms with E-state index in [1.807, 2.05) is 0 Å². The van der Waals surface area contributed by atoms with E-state index in [2.05, 4.69) is 22.9 Å². The summed E-state index contributed by atoms with van der Waals surface area (Å²) in [7, 11) is 0. The molecule has 0 heterocycles. The lowest BCUT2D eigenvalue weighted by Gasteiger charge is -2.12. The number of aliphatic carboxylic acids is 1. The summed E-state index contributed by atoms with van der Waals surface area (Å²) >= 11 is 3.42. The molecule has 0 spiro atoms. The van der Waals surface area contributed by atoms with Crippen LogP contribution in [0.25, 0.3) is 0 Å². The van der Waals surface area contributed by atoms with Gasteiger partial charge in [0.1, 0.15) is 5.75 Å². The number of hydrogen-bond donors (Lipinski definition) is 1. The van der Waals surface area contributed by atoms with Gasteiger partial charge in [-0.2, -0.15) is 0 Å². The molecule has 0 aliphatic carbocycles. The summed E-state index contributed by atoms with van der Waals surface area (Å²) in [6.45, 7) is 2.09. The fourth-order valence-electron chi connectivity index (χ4n) is 1.29. The van der Waals surface area contributed by atoms with Crippen molar-refractivity contribution in [3.63, 3.8) is 0 Å². The van der Waals surface area contributed by atoms with Crippen molar-refractivity contribution < 1.29 is 14.6 Å². The molecule has 0 saturated carbocycles. The van der Waals surface area contributed by atoms with Crippen molar-refractivity contribution in [3.05, 3.63) is 29.8 Å². The summed E-state index contributed by atoms with van der Waals surface area (Å²) in [5, 5.41) is 8.63. The third-order valence-electron chi connectivity index (χ3n) is 2.06. The van der Waals surface area contributed by atoms with Crippen LogP contribution in [0.3, 0.4) is 0 Å². The summed E-state index contributed by atoms with van der Waals surface area (Å²) in [6, 6.07) is 7.13. The molecule has 0 saturated heterocycles. The maximum absolute atomic E-state index is 10.5. The van der Waals surface area contributed by atoms with Crippen molar-refractivity contribution in [2.45, 2.75) is 31.2 Å². The van der Waals surface area contributed by atoms with Crippen LogP contribution in [0.5, 0.6) is 5.75 Å². The van der Waals surface area contributed by atoms with Crippen molar-refractivity contribution in [2.24, 2.45) is 0 Å². The van der Waals surface area contributed by atoms with Crippen molar-refractivity contribution in [2.75, 3.05) is 0 Å². The highest BCUT2D eigenvalue weighted by Crippen LogP contribution is 2.18. The monoisotopic (exact) mass is 286 g/mol. The number of halogens is 1. The van der Waals surface area contributed by atoms with Crippen molar-refractivity contribution >= 4 is 21.9 Å². The first-order chi connectivity index (χ1) is 7.61. The molecular formula is C12H15BrO3. The normalized spacial score (nSPS) is 12.1. The van der Waals surface area contributed by atoms with Gasteiger partial charge in [0.15, 0.2) is 5.01 Å². The van der Waals surface area contributed by atoms with Gasteiger partial charge >= 0.3 is 5.97 Å². The van der Waals surface area contributed by atoms with Gasteiger partial charge in [0, 0.05) is 0 Å². The molecule has 0 amide bonds. The van der Waals surface area contributed by atoms with E-state index in [4.69, 9.17) is 9.84 Å². The van der Waals surface area contributed by atoms with Crippen LogP contribution in [0.1, 0.15) is 25.3 Å². The van der Waals surface area contributed by atoms with Gasteiger partial charge < -0.3 is 9.84 Å². The Labute approximate surface area is 104 Å². The van der Waals surface area contributed by atoms with Crippen molar-refractivity contribution in [1.82, 2.24) is 0 Å². The van der Waals surface area contributed by atoms with Crippen LogP contribution in [-0.2, 0) is 11.2 Å². The zero-order chi connectivity index (χ0) is 12.0. The molecule has 1 unspecified atom stereocenters. The average molecular weight is 287 g/mol. The van der Waals surface area contributed by atoms with Gasteiger partial charge in [-0.1, -0.05) is 25.5 Å². The highest BCUT2D eigenvalue weighted by molar-refractivity contribution is 9.09. The molecule has 0 bridgehead atoms. The Balaban J connectivity index is 2.54. The molecule has 0 radical (unpaired) electrons. The van der Waals surface area contributed by atoms with E-state index in [0.717, 1.165) is 24.2 Å². The van der Waals surface area contributed by atoms with E-state index < -0.39 is 5.97 Å². The van der Waals surface area contributed by atoms with Crippen LogP contribution in [-0.4, -0.2) is 16.1 Å². The van der Waals surface area contributed by atoms with Crippen LogP contribution >= 0.6 is 15.9 Å². The maximum atomic E-state index is 10.5. The number of carboxylic acids is 1. The molecule has 0 aliphatic heterocycles. The predicted molar refractivity (Wildman–Crippen MR) is 66.0 cm³/mol. The standard InChI is InChI=1S/C12H15BrO3/c1-2-3-11(13)16-10-6-4-9(5-7-10)8-12(14)15/h4-7,11H,2-3,8H2,1H3,(H,14,15). The molecule has 4 heteroatoms. The molecule has 0 aliphatic rings. The Hall–Kier alpha value is -1.03. The van der Waals surface area contributed by atoms with E-state index in [1.54, 1.807) is 24.3 Å². The van der Waals surface area contributed by atoms with E-state index in [9.17, 15) is 4.79 Å². The minimum absolute atomic E-state index is 0.0165. The molecule has 88 valence electrons. The van der Waals surface area contributed by atoms with Gasteiger partial charge in [-0.15, -0.1) is 0 Å². The topological polar surface area (TPSA) is 46.5 Å². The van der Waals surface area contributed by atoms with E-state index in [-0.39, 0.29) is 11.4 Å². The van der Waals surface area contributed by atoms with Gasteiger partial charge in [-0.3, -0.25) is 4.79 Å². The Bertz CT molecular complexity index is 335. The highest BCUT2D eigenvalue weighted by atomic mass is 79.9. The molecule has 16 heavy (non-hydrogen) atoms. The molecule has 3 nitrogen and oxygen atoms in total. The lowest BCUT2D eigenvalue weighted by Crippen LogP contribution is -2.07. The molecule has 1 atom stereocenters. The lowest BCUT2D eigenvalue weighted by atomic mass is 10.1. The minimum atomic E-state index is -0.821. The number of hydrogen-bond acceptors (Lipinski definition) is 2. The first-order valence-electron chi connectivity index (χ1n) is 5.23.